The largest absolute Gasteiger partial charge is 0.489 e. The fraction of sp³-hybridized carbons (Fsp3) is 0.160. The number of methoxy groups -OCH3 is 1. The van der Waals surface area contributed by atoms with Crippen LogP contribution in [0.2, 0.25) is 0 Å². The van der Waals surface area contributed by atoms with Crippen molar-refractivity contribution in [1.82, 2.24) is 19.8 Å². The molecule has 10 heteroatoms. The smallest absolute Gasteiger partial charge is 0.408 e. The topological polar surface area (TPSA) is 112 Å². The van der Waals surface area contributed by atoms with Gasteiger partial charge >= 0.3 is 12.1 Å². The first-order chi connectivity index (χ1) is 29.4. The molecule has 1 N–H and O–H groups in total. The van der Waals surface area contributed by atoms with Crippen LogP contribution in [0.4, 0.5) is 4.79 Å². The number of hydrogen-bond donors (Lipinski definition) is 1. The average molecular weight is 799 g/mol. The van der Waals surface area contributed by atoms with E-state index in [2.05, 4.69) is 41.7 Å². The van der Waals surface area contributed by atoms with E-state index in [1.807, 2.05) is 150 Å². The fourth-order valence-corrected chi connectivity index (χ4v) is 7.26. The van der Waals surface area contributed by atoms with Crippen LogP contribution in [0, 0.1) is 0 Å². The van der Waals surface area contributed by atoms with Crippen LogP contribution in [0.25, 0.3) is 0 Å². The van der Waals surface area contributed by atoms with E-state index in [1.54, 1.807) is 6.33 Å². The monoisotopic (exact) mass is 798 g/mol. The minimum atomic E-state index is -1.17. The Morgan fingerprint density at radius 2 is 1.15 bits per heavy atom. The van der Waals surface area contributed by atoms with Crippen LogP contribution in [0.1, 0.15) is 39.1 Å². The Hall–Kier alpha value is -7.46. The summed E-state index contributed by atoms with van der Waals surface area (Å²) < 4.78 is 18.6. The first kappa shape index (κ1) is 40.7. The first-order valence-electron chi connectivity index (χ1n) is 19.7. The number of nitrogens with zero attached hydrogens (tertiary/aromatic N) is 3. The average Bonchev–Trinajstić information content (AvgIpc) is 3.78. The van der Waals surface area contributed by atoms with E-state index >= 15 is 0 Å². The second kappa shape index (κ2) is 19.8. The van der Waals surface area contributed by atoms with Crippen LogP contribution in [-0.4, -0.2) is 52.1 Å². The van der Waals surface area contributed by atoms with E-state index in [-0.39, 0.29) is 26.1 Å². The zero-order chi connectivity index (χ0) is 41.6. The number of aromatic nitrogens is 2. The second-order valence-corrected chi connectivity index (χ2v) is 14.2. The minimum Gasteiger partial charge on any atom is -0.489 e. The van der Waals surface area contributed by atoms with E-state index in [0.717, 1.165) is 33.4 Å². The van der Waals surface area contributed by atoms with Crippen molar-refractivity contribution in [3.05, 3.63) is 228 Å². The van der Waals surface area contributed by atoms with Gasteiger partial charge in [-0.25, -0.2) is 9.78 Å². The Bertz CT molecular complexity index is 2330. The van der Waals surface area contributed by atoms with Gasteiger partial charge in [0.25, 0.3) is 0 Å². The number of carbonyl (C=O) groups excluding carboxylic acids is 3. The lowest BCUT2D eigenvalue weighted by Gasteiger charge is -2.37. The number of alkyl carbamates (subject to hydrolysis) is 1. The van der Waals surface area contributed by atoms with E-state index in [0.29, 0.717) is 18.1 Å². The zero-order valence-electron chi connectivity index (χ0n) is 33.3. The summed E-state index contributed by atoms with van der Waals surface area (Å²) in [6.07, 6.45) is 2.86. The highest BCUT2D eigenvalue weighted by molar-refractivity contribution is 5.88. The molecule has 60 heavy (non-hydrogen) atoms. The maximum absolute atomic E-state index is 14.7. The lowest BCUT2D eigenvalue weighted by Crippen LogP contribution is -2.51. The van der Waals surface area contributed by atoms with E-state index in [1.165, 1.54) is 12.0 Å². The molecule has 0 spiro atoms. The predicted octanol–water partition coefficient (Wildman–Crippen LogP) is 8.34. The number of ether oxygens (including phenoxy) is 3. The molecule has 0 aliphatic carbocycles. The van der Waals surface area contributed by atoms with Gasteiger partial charge in [0.15, 0.2) is 0 Å². The molecule has 0 radical (unpaired) electrons. The minimum absolute atomic E-state index is 0.000521. The van der Waals surface area contributed by atoms with Crippen LogP contribution >= 0.6 is 0 Å². The molecule has 0 aliphatic rings. The summed E-state index contributed by atoms with van der Waals surface area (Å²) in [5.41, 5.74) is 5.26. The zero-order valence-corrected chi connectivity index (χ0v) is 33.3. The molecular weight excluding hydrogens is 753 g/mol. The summed E-state index contributed by atoms with van der Waals surface area (Å²) in [5, 5.41) is 2.80. The number of nitrogens with one attached hydrogen (secondary N) is 1. The van der Waals surface area contributed by atoms with Crippen molar-refractivity contribution in [3.8, 4) is 5.75 Å². The second-order valence-electron chi connectivity index (χ2n) is 14.2. The highest BCUT2D eigenvalue weighted by Crippen LogP contribution is 2.40. The van der Waals surface area contributed by atoms with Crippen LogP contribution in [-0.2, 0) is 50.8 Å². The number of hydrogen-bond acceptors (Lipinski definition) is 7. The van der Waals surface area contributed by atoms with Crippen molar-refractivity contribution < 1.29 is 28.6 Å². The van der Waals surface area contributed by atoms with Crippen molar-refractivity contribution in [2.75, 3.05) is 13.7 Å². The number of carbonyl (C=O) groups is 3. The van der Waals surface area contributed by atoms with E-state index in [9.17, 15) is 14.4 Å². The number of rotatable bonds is 17. The molecule has 0 aliphatic heterocycles. The number of benzene rings is 6. The Morgan fingerprint density at radius 1 is 0.650 bits per heavy atom. The van der Waals surface area contributed by atoms with E-state index in [4.69, 9.17) is 19.2 Å². The molecule has 10 nitrogen and oxygen atoms in total. The molecule has 1 heterocycles. The van der Waals surface area contributed by atoms with Crippen LogP contribution in [0.3, 0.4) is 0 Å². The summed E-state index contributed by atoms with van der Waals surface area (Å²) in [6, 6.07) is 55.8. The fourth-order valence-electron chi connectivity index (χ4n) is 7.26. The van der Waals surface area contributed by atoms with Gasteiger partial charge in [0.1, 0.15) is 37.1 Å². The van der Waals surface area contributed by atoms with Gasteiger partial charge in [-0.1, -0.05) is 164 Å². The molecular formula is C50H46N4O6. The molecule has 6 aromatic carbocycles. The molecule has 2 amide bonds. The quantitative estimate of drug-likeness (QED) is 0.0729. The van der Waals surface area contributed by atoms with Crippen molar-refractivity contribution in [2.45, 2.75) is 37.8 Å². The van der Waals surface area contributed by atoms with Gasteiger partial charge in [-0.3, -0.25) is 9.59 Å². The third-order valence-corrected chi connectivity index (χ3v) is 10.2. The van der Waals surface area contributed by atoms with Crippen LogP contribution in [0.5, 0.6) is 5.75 Å². The maximum Gasteiger partial charge on any atom is 0.408 e. The van der Waals surface area contributed by atoms with Crippen molar-refractivity contribution in [2.24, 2.45) is 0 Å². The third-order valence-electron chi connectivity index (χ3n) is 10.2. The highest BCUT2D eigenvalue weighted by Gasteiger charge is 2.39. The Balaban J connectivity index is 1.20. The molecule has 0 bridgehead atoms. The first-order valence-corrected chi connectivity index (χ1v) is 19.7. The molecule has 0 saturated carbocycles. The van der Waals surface area contributed by atoms with Gasteiger partial charge < -0.3 is 29.0 Å². The SMILES string of the molecule is COC(=O)CN(Cc1ccc(OCc2ccccc2)cc1)C(=O)[C@H](Cc1cn(C(c2ccccc2)(c2ccccc2)c2ccccc2)cn1)NC(=O)OCc1ccccc1. The summed E-state index contributed by atoms with van der Waals surface area (Å²) in [6.45, 7) is 0.102. The Kier molecular flexibility index (Phi) is 13.4. The lowest BCUT2D eigenvalue weighted by atomic mass is 9.77. The summed E-state index contributed by atoms with van der Waals surface area (Å²) in [5.74, 6) is -0.474. The highest BCUT2D eigenvalue weighted by atomic mass is 16.5. The lowest BCUT2D eigenvalue weighted by molar-refractivity contribution is -0.148. The molecule has 1 atom stereocenters. The third kappa shape index (κ3) is 9.97. The summed E-state index contributed by atoms with van der Waals surface area (Å²) in [4.78, 5) is 47.2. The van der Waals surface area contributed by atoms with Gasteiger partial charge in [-0.05, 0) is 45.5 Å². The van der Waals surface area contributed by atoms with Crippen LogP contribution in [0.15, 0.2) is 188 Å². The summed E-state index contributed by atoms with van der Waals surface area (Å²) >= 11 is 0. The molecule has 7 rings (SSSR count). The van der Waals surface area contributed by atoms with Gasteiger partial charge in [0, 0.05) is 19.2 Å². The van der Waals surface area contributed by atoms with Gasteiger partial charge in [-0.2, -0.15) is 0 Å². The predicted molar refractivity (Wildman–Crippen MR) is 229 cm³/mol. The van der Waals surface area contributed by atoms with Gasteiger partial charge in [0.2, 0.25) is 5.91 Å². The molecule has 0 fully saturated rings. The Morgan fingerprint density at radius 3 is 1.67 bits per heavy atom. The van der Waals surface area contributed by atoms with Gasteiger partial charge in [-0.15, -0.1) is 0 Å². The Labute approximate surface area is 350 Å². The molecule has 0 unspecified atom stereocenters. The van der Waals surface area contributed by atoms with Crippen molar-refractivity contribution in [1.29, 1.82) is 0 Å². The molecule has 7 aromatic rings. The number of esters is 1. The molecule has 302 valence electrons. The van der Waals surface area contributed by atoms with Gasteiger partial charge in [0.05, 0.1) is 19.1 Å². The standard InChI is InChI=1S/C50H46N4O6/c1-58-47(55)34-53(32-38-27-29-45(30-28-38)59-35-39-17-7-2-8-18-39)48(56)46(52-49(57)60-36-40-19-9-3-10-20-40)31-44-33-54(37-51-44)50(41-21-11-4-12-22-41,42-23-13-5-14-24-42)43-25-15-6-16-26-43/h2-30,33,37,46H,31-32,34-36H2,1H3,(H,52,57)/t46-/m0/s1. The normalized spacial score (nSPS) is 11.6. The van der Waals surface area contributed by atoms with Crippen LogP contribution < -0.4 is 10.1 Å². The summed E-state index contributed by atoms with van der Waals surface area (Å²) in [7, 11) is 1.27. The number of imidazole rings is 1. The van der Waals surface area contributed by atoms with E-state index < -0.39 is 29.6 Å². The number of amides is 2. The van der Waals surface area contributed by atoms with Crippen molar-refractivity contribution in [3.63, 3.8) is 0 Å². The van der Waals surface area contributed by atoms with Crippen molar-refractivity contribution >= 4 is 18.0 Å². The molecule has 1 aromatic heterocycles. The maximum atomic E-state index is 14.7. The molecule has 0 saturated heterocycles.